The second kappa shape index (κ2) is 4.87. The highest BCUT2D eigenvalue weighted by molar-refractivity contribution is 9.10. The molecule has 0 atom stereocenters. The number of aromatic nitrogens is 2. The van der Waals surface area contributed by atoms with E-state index < -0.39 is 0 Å². The Labute approximate surface area is 122 Å². The normalized spacial score (nSPS) is 10.9. The molecule has 0 N–H and O–H groups in total. The van der Waals surface area contributed by atoms with Crippen molar-refractivity contribution >= 4 is 38.4 Å². The number of rotatable bonds is 1. The Morgan fingerprint density at radius 1 is 1.05 bits per heavy atom. The van der Waals surface area contributed by atoms with Gasteiger partial charge in [0.15, 0.2) is 5.82 Å². The molecular weight excluding hydrogens is 331 g/mol. The van der Waals surface area contributed by atoms with Crippen molar-refractivity contribution in [2.24, 2.45) is 0 Å². The third kappa shape index (κ3) is 2.33. The minimum Gasteiger partial charge on any atom is -0.228 e. The highest BCUT2D eigenvalue weighted by Crippen LogP contribution is 2.27. The SMILES string of the molecule is Fc1ccccc1-c1nc(Cl)c2ccc(Br)cc2n1. The molecule has 0 saturated carbocycles. The molecule has 0 saturated heterocycles. The minimum atomic E-state index is -0.368. The summed E-state index contributed by atoms with van der Waals surface area (Å²) in [7, 11) is 0. The lowest BCUT2D eigenvalue weighted by atomic mass is 10.2. The second-order valence-corrected chi connectivity index (χ2v) is 5.25. The van der Waals surface area contributed by atoms with E-state index in [1.54, 1.807) is 18.2 Å². The Bertz CT molecular complexity index is 776. The van der Waals surface area contributed by atoms with E-state index in [0.717, 1.165) is 9.86 Å². The Kier molecular flexibility index (Phi) is 3.21. The van der Waals surface area contributed by atoms with Crippen molar-refractivity contribution in [2.75, 3.05) is 0 Å². The lowest BCUT2D eigenvalue weighted by molar-refractivity contribution is 0.630. The van der Waals surface area contributed by atoms with E-state index >= 15 is 0 Å². The van der Waals surface area contributed by atoms with Gasteiger partial charge in [-0.2, -0.15) is 0 Å². The molecule has 1 aromatic heterocycles. The largest absolute Gasteiger partial charge is 0.228 e. The van der Waals surface area contributed by atoms with Crippen LogP contribution in [0.1, 0.15) is 0 Å². The average molecular weight is 338 g/mol. The molecule has 0 spiro atoms. The Hall–Kier alpha value is -1.52. The summed E-state index contributed by atoms with van der Waals surface area (Å²) in [6.45, 7) is 0. The summed E-state index contributed by atoms with van der Waals surface area (Å²) < 4.78 is 14.6. The van der Waals surface area contributed by atoms with Crippen molar-refractivity contribution in [2.45, 2.75) is 0 Å². The van der Waals surface area contributed by atoms with E-state index in [4.69, 9.17) is 11.6 Å². The Morgan fingerprint density at radius 2 is 1.84 bits per heavy atom. The standard InChI is InChI=1S/C14H7BrClFN2/c15-8-5-6-10-12(7-8)18-14(19-13(10)16)9-3-1-2-4-11(9)17/h1-7H. The average Bonchev–Trinajstić information content (AvgIpc) is 2.38. The van der Waals surface area contributed by atoms with E-state index in [1.165, 1.54) is 6.07 Å². The van der Waals surface area contributed by atoms with Gasteiger partial charge in [-0.05, 0) is 30.3 Å². The van der Waals surface area contributed by atoms with Crippen LogP contribution in [-0.4, -0.2) is 9.97 Å². The molecule has 2 nitrogen and oxygen atoms in total. The van der Waals surface area contributed by atoms with Gasteiger partial charge in [0.2, 0.25) is 0 Å². The van der Waals surface area contributed by atoms with Crippen LogP contribution in [0.25, 0.3) is 22.3 Å². The zero-order chi connectivity index (χ0) is 13.4. The predicted octanol–water partition coefficient (Wildman–Crippen LogP) is 4.85. The predicted molar refractivity (Wildman–Crippen MR) is 77.6 cm³/mol. The summed E-state index contributed by atoms with van der Waals surface area (Å²) in [4.78, 5) is 8.52. The molecule has 0 amide bonds. The molecule has 1 heterocycles. The van der Waals surface area contributed by atoms with Gasteiger partial charge in [0, 0.05) is 9.86 Å². The quantitative estimate of drug-likeness (QED) is 0.593. The summed E-state index contributed by atoms with van der Waals surface area (Å²) in [5, 5.41) is 1.06. The lowest BCUT2D eigenvalue weighted by Gasteiger charge is -2.05. The number of hydrogen-bond acceptors (Lipinski definition) is 2. The van der Waals surface area contributed by atoms with Crippen LogP contribution in [0, 0.1) is 5.82 Å². The number of halogens is 3. The second-order valence-electron chi connectivity index (χ2n) is 3.98. The zero-order valence-electron chi connectivity index (χ0n) is 9.57. The summed E-state index contributed by atoms with van der Waals surface area (Å²) in [5.74, 6) is -0.0818. The molecule has 3 aromatic rings. The summed E-state index contributed by atoms with van der Waals surface area (Å²) in [6, 6.07) is 11.9. The van der Waals surface area contributed by atoms with Crippen molar-refractivity contribution in [3.05, 3.63) is 57.9 Å². The van der Waals surface area contributed by atoms with Crippen molar-refractivity contribution in [1.82, 2.24) is 9.97 Å². The van der Waals surface area contributed by atoms with Crippen LogP contribution in [0.3, 0.4) is 0 Å². The van der Waals surface area contributed by atoms with Crippen LogP contribution in [0.2, 0.25) is 5.15 Å². The van der Waals surface area contributed by atoms with Crippen LogP contribution in [0.5, 0.6) is 0 Å². The van der Waals surface area contributed by atoms with Crippen LogP contribution in [-0.2, 0) is 0 Å². The molecule has 0 aliphatic heterocycles. The molecule has 0 bridgehead atoms. The first-order valence-corrected chi connectivity index (χ1v) is 6.70. The number of fused-ring (bicyclic) bond motifs is 1. The van der Waals surface area contributed by atoms with Crippen molar-refractivity contribution in [3.63, 3.8) is 0 Å². The van der Waals surface area contributed by atoms with Gasteiger partial charge in [0.25, 0.3) is 0 Å². The molecule has 0 fully saturated rings. The maximum absolute atomic E-state index is 13.8. The highest BCUT2D eigenvalue weighted by Gasteiger charge is 2.11. The molecule has 2 aromatic carbocycles. The molecule has 94 valence electrons. The van der Waals surface area contributed by atoms with Gasteiger partial charge in [-0.25, -0.2) is 14.4 Å². The van der Waals surface area contributed by atoms with Crippen LogP contribution < -0.4 is 0 Å². The molecular formula is C14H7BrClFN2. The van der Waals surface area contributed by atoms with Crippen LogP contribution in [0.4, 0.5) is 4.39 Å². The maximum Gasteiger partial charge on any atom is 0.164 e. The van der Waals surface area contributed by atoms with Crippen molar-refractivity contribution in [3.8, 4) is 11.4 Å². The monoisotopic (exact) mass is 336 g/mol. The first-order chi connectivity index (χ1) is 9.15. The van der Waals surface area contributed by atoms with Crippen LogP contribution in [0.15, 0.2) is 46.9 Å². The Morgan fingerprint density at radius 3 is 2.63 bits per heavy atom. The fourth-order valence-electron chi connectivity index (χ4n) is 1.83. The first-order valence-electron chi connectivity index (χ1n) is 5.53. The molecule has 0 aliphatic carbocycles. The van der Waals surface area contributed by atoms with Gasteiger partial charge in [0.1, 0.15) is 11.0 Å². The summed E-state index contributed by atoms with van der Waals surface area (Å²) in [5.41, 5.74) is 1.01. The highest BCUT2D eigenvalue weighted by atomic mass is 79.9. The molecule has 0 aliphatic rings. The van der Waals surface area contributed by atoms with E-state index in [9.17, 15) is 4.39 Å². The van der Waals surface area contributed by atoms with E-state index in [2.05, 4.69) is 25.9 Å². The van der Waals surface area contributed by atoms with Gasteiger partial charge in [0.05, 0.1) is 11.1 Å². The van der Waals surface area contributed by atoms with E-state index in [0.29, 0.717) is 16.2 Å². The van der Waals surface area contributed by atoms with E-state index in [-0.39, 0.29) is 11.6 Å². The number of benzene rings is 2. The van der Waals surface area contributed by atoms with Gasteiger partial charge in [-0.1, -0.05) is 39.7 Å². The fourth-order valence-corrected chi connectivity index (χ4v) is 2.42. The van der Waals surface area contributed by atoms with Gasteiger partial charge in [-0.15, -0.1) is 0 Å². The zero-order valence-corrected chi connectivity index (χ0v) is 11.9. The van der Waals surface area contributed by atoms with Gasteiger partial charge in [-0.3, -0.25) is 0 Å². The van der Waals surface area contributed by atoms with Crippen molar-refractivity contribution < 1.29 is 4.39 Å². The fraction of sp³-hybridized carbons (Fsp3) is 0. The topological polar surface area (TPSA) is 25.8 Å². The molecule has 3 rings (SSSR count). The molecule has 0 radical (unpaired) electrons. The summed E-state index contributed by atoms with van der Waals surface area (Å²) >= 11 is 9.50. The smallest absolute Gasteiger partial charge is 0.164 e. The summed E-state index contributed by atoms with van der Waals surface area (Å²) in [6.07, 6.45) is 0. The number of nitrogens with zero attached hydrogens (tertiary/aromatic N) is 2. The third-order valence-electron chi connectivity index (χ3n) is 2.73. The number of hydrogen-bond donors (Lipinski definition) is 0. The minimum absolute atomic E-state index is 0.286. The van der Waals surface area contributed by atoms with Crippen molar-refractivity contribution in [1.29, 1.82) is 0 Å². The van der Waals surface area contributed by atoms with Crippen LogP contribution >= 0.6 is 27.5 Å². The van der Waals surface area contributed by atoms with Gasteiger partial charge >= 0.3 is 0 Å². The third-order valence-corrected chi connectivity index (χ3v) is 3.51. The maximum atomic E-state index is 13.8. The Balaban J connectivity index is 2.29. The first kappa shape index (κ1) is 12.5. The molecule has 5 heteroatoms. The molecule has 0 unspecified atom stereocenters. The molecule has 19 heavy (non-hydrogen) atoms. The van der Waals surface area contributed by atoms with E-state index in [1.807, 2.05) is 18.2 Å². The van der Waals surface area contributed by atoms with Gasteiger partial charge < -0.3 is 0 Å². The lowest BCUT2D eigenvalue weighted by Crippen LogP contribution is -1.94.